The number of nitrogens with one attached hydrogen (secondary N) is 1. The number of carbonyl (C=O) groups excluding carboxylic acids is 2. The molecule has 0 unspecified atom stereocenters. The zero-order valence-corrected chi connectivity index (χ0v) is 31.0. The van der Waals surface area contributed by atoms with Gasteiger partial charge in [0.05, 0.1) is 17.5 Å². The maximum absolute atomic E-state index is 13.3. The molecule has 2 fully saturated rings. The molecule has 45 heavy (non-hydrogen) atoms. The lowest BCUT2D eigenvalue weighted by Gasteiger charge is -2.45. The van der Waals surface area contributed by atoms with E-state index >= 15 is 0 Å². The van der Waals surface area contributed by atoms with Crippen LogP contribution in [0.15, 0.2) is 0 Å². The second-order valence-corrected chi connectivity index (χ2v) is 14.8. The molecule has 0 aliphatic carbocycles. The highest BCUT2D eigenvalue weighted by molar-refractivity contribution is 7.99. The molecule has 9 atom stereocenters. The number of alkyl halides is 1. The van der Waals surface area contributed by atoms with Crippen molar-refractivity contribution in [2.75, 3.05) is 19.8 Å². The number of unbranched alkanes of at least 4 members (excludes halogenated alkanes) is 12. The fraction of sp³-hybridized carbons (Fsp3) is 0.941. The number of esters is 1. The molecule has 11 heteroatoms. The smallest absolute Gasteiger partial charge is 0.306 e. The summed E-state index contributed by atoms with van der Waals surface area (Å²) in [5.74, 6) is -0.0742. The second-order valence-electron chi connectivity index (χ2n) is 13.2. The van der Waals surface area contributed by atoms with E-state index in [0.29, 0.717) is 5.92 Å². The number of likely N-dealkylation sites (N-methyl/N-ethyl adjacent to an activating group) is 1. The number of nitrogens with zero attached hydrogens (tertiary/aromatic N) is 1. The van der Waals surface area contributed by atoms with Gasteiger partial charge in [-0.1, -0.05) is 97.3 Å². The summed E-state index contributed by atoms with van der Waals surface area (Å²) >= 11 is 7.82. The predicted molar refractivity (Wildman–Crippen MR) is 188 cm³/mol. The number of rotatable bonds is 22. The molecule has 0 aromatic carbocycles. The fourth-order valence-electron chi connectivity index (χ4n) is 6.72. The van der Waals surface area contributed by atoms with Crippen molar-refractivity contribution in [2.24, 2.45) is 5.92 Å². The van der Waals surface area contributed by atoms with Crippen molar-refractivity contribution in [3.8, 4) is 0 Å². The fourth-order valence-corrected chi connectivity index (χ4v) is 7.65. The van der Waals surface area contributed by atoms with Crippen molar-refractivity contribution in [2.45, 2.75) is 177 Å². The topological polar surface area (TPSA) is 108 Å². The SMILES string of the molecule is CCCCCCCCCCCCCCCC(=O)O[C@@H]1[C@@H](O)[C@@H](O)[C@@H]([C@@H](NC(=O)[C@@H]2C[C@@H](CCC)CN2C)[C@@H](C)Cl)O[C@@H]1SC.Cl. The van der Waals surface area contributed by atoms with E-state index in [-0.39, 0.29) is 30.8 Å². The van der Waals surface area contributed by atoms with Gasteiger partial charge in [0.1, 0.15) is 23.7 Å². The van der Waals surface area contributed by atoms with Crippen LogP contribution in [0.5, 0.6) is 0 Å². The maximum Gasteiger partial charge on any atom is 0.306 e. The highest BCUT2D eigenvalue weighted by atomic mass is 35.5. The third-order valence-electron chi connectivity index (χ3n) is 9.36. The van der Waals surface area contributed by atoms with Crippen molar-refractivity contribution in [1.82, 2.24) is 10.2 Å². The number of aliphatic hydroxyl groups is 2. The molecular weight excluding hydrogens is 635 g/mol. The summed E-state index contributed by atoms with van der Waals surface area (Å²) < 4.78 is 11.9. The zero-order chi connectivity index (χ0) is 32.5. The maximum atomic E-state index is 13.3. The lowest BCUT2D eigenvalue weighted by molar-refractivity contribution is -0.218. The Balaban J connectivity index is 0.0000101. The van der Waals surface area contributed by atoms with Crippen LogP contribution in [0, 0.1) is 5.92 Å². The first kappa shape index (κ1) is 42.7. The highest BCUT2D eigenvalue weighted by Crippen LogP contribution is 2.33. The summed E-state index contributed by atoms with van der Waals surface area (Å²) in [6, 6.07) is -1.00. The predicted octanol–water partition coefficient (Wildman–Crippen LogP) is 6.84. The van der Waals surface area contributed by atoms with E-state index in [9.17, 15) is 19.8 Å². The van der Waals surface area contributed by atoms with E-state index in [2.05, 4.69) is 24.1 Å². The molecule has 0 saturated carbocycles. The first-order chi connectivity index (χ1) is 21.1. The van der Waals surface area contributed by atoms with Crippen molar-refractivity contribution in [3.63, 3.8) is 0 Å². The number of carbonyl (C=O) groups is 2. The Morgan fingerprint density at radius 1 is 0.956 bits per heavy atom. The molecule has 2 saturated heterocycles. The van der Waals surface area contributed by atoms with Crippen LogP contribution in [-0.2, 0) is 19.1 Å². The Kier molecular flexibility index (Phi) is 22.7. The van der Waals surface area contributed by atoms with Crippen LogP contribution in [0.1, 0.15) is 130 Å². The number of hydrogen-bond acceptors (Lipinski definition) is 8. The number of halogens is 2. The van der Waals surface area contributed by atoms with E-state index in [0.717, 1.165) is 45.1 Å². The van der Waals surface area contributed by atoms with Crippen molar-refractivity contribution >= 4 is 47.6 Å². The first-order valence-corrected chi connectivity index (χ1v) is 19.2. The normalized spacial score (nSPS) is 28.3. The van der Waals surface area contributed by atoms with Gasteiger partial charge in [0.25, 0.3) is 0 Å². The van der Waals surface area contributed by atoms with E-state index in [1.807, 2.05) is 7.05 Å². The quantitative estimate of drug-likeness (QED) is 0.0641. The molecule has 0 spiro atoms. The lowest BCUT2D eigenvalue weighted by atomic mass is 9.92. The number of likely N-dealkylation sites (tertiary alicyclic amines) is 1. The van der Waals surface area contributed by atoms with E-state index in [4.69, 9.17) is 21.1 Å². The Bertz CT molecular complexity index is 811. The van der Waals surface area contributed by atoms with Crippen LogP contribution < -0.4 is 5.32 Å². The third kappa shape index (κ3) is 14.8. The van der Waals surface area contributed by atoms with Crippen LogP contribution in [-0.4, -0.2) is 94.2 Å². The molecule has 2 heterocycles. The molecule has 0 aromatic rings. The van der Waals surface area contributed by atoms with Gasteiger partial charge < -0.3 is 25.0 Å². The molecule has 2 aliphatic heterocycles. The molecule has 0 bridgehead atoms. The number of ether oxygens (including phenoxy) is 2. The Hall–Kier alpha value is -0.290. The largest absolute Gasteiger partial charge is 0.456 e. The Morgan fingerprint density at radius 2 is 1.51 bits per heavy atom. The second kappa shape index (κ2) is 23.9. The minimum Gasteiger partial charge on any atom is -0.456 e. The summed E-state index contributed by atoms with van der Waals surface area (Å²) in [4.78, 5) is 28.0. The number of hydrogen-bond donors (Lipinski definition) is 3. The highest BCUT2D eigenvalue weighted by Gasteiger charge is 2.50. The summed E-state index contributed by atoms with van der Waals surface area (Å²) in [6.45, 7) is 7.01. The molecule has 2 aliphatic rings. The summed E-state index contributed by atoms with van der Waals surface area (Å²) in [5, 5.41) is 24.6. The van der Waals surface area contributed by atoms with E-state index in [1.54, 1.807) is 13.2 Å². The van der Waals surface area contributed by atoms with E-state index in [1.165, 1.54) is 76.0 Å². The van der Waals surface area contributed by atoms with Crippen molar-refractivity contribution in [3.05, 3.63) is 0 Å². The van der Waals surface area contributed by atoms with Gasteiger partial charge in [-0.15, -0.1) is 35.8 Å². The summed E-state index contributed by atoms with van der Waals surface area (Å²) in [7, 11) is 1.95. The standard InChI is InChI=1S/C34H63ClN2O6S.ClH/c1-6-8-9-10-11-12-13-14-15-16-17-18-19-21-27(38)42-32-30(40)29(39)31(43-34(32)44-5)28(24(3)35)36-33(41)26-22-25(20-7-2)23-37(26)4;/h24-26,28-32,34,39-40H,6-23H2,1-5H3,(H,36,41);1H/t24-,25-,26+,28+,29-,30+,31-,32-,34-;/m1./s1. The van der Waals surface area contributed by atoms with Crippen molar-refractivity contribution < 1.29 is 29.3 Å². The average molecular weight is 700 g/mol. The molecule has 3 N–H and O–H groups in total. The van der Waals surface area contributed by atoms with Gasteiger partial charge in [-0.2, -0.15) is 0 Å². The van der Waals surface area contributed by atoms with Gasteiger partial charge in [-0.25, -0.2) is 0 Å². The minimum absolute atomic E-state index is 0. The van der Waals surface area contributed by atoms with Gasteiger partial charge in [0, 0.05) is 13.0 Å². The van der Waals surface area contributed by atoms with Crippen LogP contribution in [0.25, 0.3) is 0 Å². The third-order valence-corrected chi connectivity index (χ3v) is 10.5. The zero-order valence-electron chi connectivity index (χ0n) is 28.6. The van der Waals surface area contributed by atoms with Gasteiger partial charge in [-0.05, 0) is 45.4 Å². The lowest BCUT2D eigenvalue weighted by Crippen LogP contribution is -2.65. The van der Waals surface area contributed by atoms with Crippen LogP contribution in [0.2, 0.25) is 0 Å². The van der Waals surface area contributed by atoms with E-state index < -0.39 is 47.2 Å². The van der Waals surface area contributed by atoms with Gasteiger partial charge >= 0.3 is 5.97 Å². The Morgan fingerprint density at radius 3 is 2.02 bits per heavy atom. The van der Waals surface area contributed by atoms with Crippen LogP contribution in [0.3, 0.4) is 0 Å². The average Bonchev–Trinajstić information content (AvgIpc) is 3.36. The van der Waals surface area contributed by atoms with Crippen molar-refractivity contribution in [1.29, 1.82) is 0 Å². The molecule has 1 amide bonds. The number of thioether (sulfide) groups is 1. The molecule has 0 aromatic heterocycles. The molecule has 0 radical (unpaired) electrons. The molecule has 2 rings (SSSR count). The number of aliphatic hydroxyl groups excluding tert-OH is 2. The van der Waals surface area contributed by atoms with Gasteiger partial charge in [0.15, 0.2) is 6.10 Å². The Labute approximate surface area is 289 Å². The monoisotopic (exact) mass is 698 g/mol. The molecule has 8 nitrogen and oxygen atoms in total. The first-order valence-electron chi connectivity index (χ1n) is 17.5. The summed E-state index contributed by atoms with van der Waals surface area (Å²) in [6.07, 6.45) is 16.3. The minimum atomic E-state index is -1.38. The van der Waals surface area contributed by atoms with Crippen LogP contribution in [0.4, 0.5) is 0 Å². The van der Waals surface area contributed by atoms with Crippen LogP contribution >= 0.6 is 35.8 Å². The molecular formula is C34H64Cl2N2O6S. The molecule has 266 valence electrons. The summed E-state index contributed by atoms with van der Waals surface area (Å²) in [5.41, 5.74) is -0.702. The number of amides is 1. The van der Waals surface area contributed by atoms with Gasteiger partial charge in [-0.3, -0.25) is 14.5 Å². The van der Waals surface area contributed by atoms with Gasteiger partial charge in [0.2, 0.25) is 5.91 Å².